The van der Waals surface area contributed by atoms with Crippen LogP contribution in [0.1, 0.15) is 193 Å². The summed E-state index contributed by atoms with van der Waals surface area (Å²) in [6.07, 6.45) is 27.2. The van der Waals surface area contributed by atoms with Crippen molar-refractivity contribution in [3.05, 3.63) is 0 Å². The SMILES string of the molecule is CCOC(=O)C1=NOC([Si]23O[Si]4(C5CCCC5)O[Si]5(C6CCCC6)O[Si]6(C7CCCC7)O[Si](C7CCCC7)(O4)O[Si](C4CCCC4)(O[Si](C4CCCC4)(O6)O[Si](C4CCCC4)(O5)O2)O3)C1. The highest BCUT2D eigenvalue weighted by atomic mass is 28.6. The second kappa shape index (κ2) is 16.9. The first-order valence-corrected chi connectivity index (χ1v) is 40.9. The van der Waals surface area contributed by atoms with Gasteiger partial charge in [-0.05, 0) is 96.8 Å². The lowest BCUT2D eigenvalue weighted by atomic mass is 10.3. The van der Waals surface area contributed by atoms with Crippen molar-refractivity contribution < 1.29 is 63.8 Å². The fraction of sp³-hybridized carbons (Fsp3) is 0.951. The lowest BCUT2D eigenvalue weighted by molar-refractivity contribution is -0.135. The summed E-state index contributed by atoms with van der Waals surface area (Å²) in [5, 5.41) is 4.47. The highest BCUT2D eigenvalue weighted by Gasteiger charge is 2.89. The molecule has 0 radical (unpaired) electrons. The van der Waals surface area contributed by atoms with Crippen molar-refractivity contribution in [3.8, 4) is 0 Å². The van der Waals surface area contributed by atoms with E-state index in [1.54, 1.807) is 6.92 Å². The lowest BCUT2D eigenvalue weighted by Gasteiger charge is -2.66. The third kappa shape index (κ3) is 7.24. The van der Waals surface area contributed by atoms with E-state index in [2.05, 4.69) is 5.16 Å². The molecule has 0 spiro atoms. The molecular weight excluding hydrogens is 971 g/mol. The Labute approximate surface area is 393 Å². The number of esters is 1. The maximum Gasteiger partial charge on any atom is 0.525 e. The van der Waals surface area contributed by atoms with Crippen LogP contribution in [0.25, 0.3) is 0 Å². The molecule has 13 fully saturated rings. The second-order valence-electron chi connectivity index (χ2n) is 22.0. The van der Waals surface area contributed by atoms with E-state index in [1.807, 2.05) is 0 Å². The molecule has 14 rings (SSSR count). The Balaban J connectivity index is 1.12. The topological polar surface area (TPSA) is 159 Å². The number of carbonyl (C=O) groups excluding carboxylic acids is 1. The summed E-state index contributed by atoms with van der Waals surface area (Å²) >= 11 is 0. The van der Waals surface area contributed by atoms with Crippen LogP contribution in [0.3, 0.4) is 0 Å². The van der Waals surface area contributed by atoms with Gasteiger partial charge in [0.15, 0.2) is 5.71 Å². The van der Waals surface area contributed by atoms with Crippen LogP contribution in [0.2, 0.25) is 38.8 Å². The van der Waals surface area contributed by atoms with Crippen LogP contribution in [0.4, 0.5) is 0 Å². The summed E-state index contributed by atoms with van der Waals surface area (Å²) in [6, 6.07) is 0. The smallest absolute Gasteiger partial charge is 0.461 e. The van der Waals surface area contributed by atoms with Gasteiger partial charge in [0, 0.05) is 45.2 Å². The number of oxime groups is 1. The van der Waals surface area contributed by atoms with Gasteiger partial charge in [0.1, 0.15) is 0 Å². The molecule has 0 aromatic carbocycles. The molecule has 1 unspecified atom stereocenters. The maximum atomic E-state index is 13.6. The minimum Gasteiger partial charge on any atom is -0.461 e. The summed E-state index contributed by atoms with van der Waals surface area (Å²) in [5.74, 6) is -0.519. The Morgan fingerprint density at radius 1 is 0.400 bits per heavy atom. The molecule has 8 bridgehead atoms. The van der Waals surface area contributed by atoms with E-state index in [9.17, 15) is 4.79 Å². The Bertz CT molecular complexity index is 1670. The predicted octanol–water partition coefficient (Wildman–Crippen LogP) is 9.62. The van der Waals surface area contributed by atoms with Crippen molar-refractivity contribution in [1.82, 2.24) is 0 Å². The molecule has 0 amide bonds. The largest absolute Gasteiger partial charge is 0.525 e. The fourth-order valence-electron chi connectivity index (χ4n) is 14.7. The molecule has 65 heavy (non-hydrogen) atoms. The van der Waals surface area contributed by atoms with Crippen LogP contribution >= 0.6 is 0 Å². The van der Waals surface area contributed by atoms with E-state index in [4.69, 9.17) is 59.0 Å². The number of nitrogens with zero attached hydrogens (tertiary/aromatic N) is 1. The first kappa shape index (κ1) is 45.1. The minimum absolute atomic E-state index is 0.0123. The molecule has 7 aliphatic heterocycles. The van der Waals surface area contributed by atoms with Gasteiger partial charge in [0.2, 0.25) is 5.73 Å². The third-order valence-electron chi connectivity index (χ3n) is 18.0. The first-order valence-electron chi connectivity index (χ1n) is 26.5. The third-order valence-corrected chi connectivity index (χ3v) is 57.4. The average Bonchev–Trinajstić information content (AvgIpc) is 4.15. The number of rotatable bonds is 10. The van der Waals surface area contributed by atoms with E-state index in [-0.39, 0.29) is 57.5 Å². The molecule has 362 valence electrons. The maximum absolute atomic E-state index is 13.6. The van der Waals surface area contributed by atoms with Crippen molar-refractivity contribution in [2.45, 2.75) is 238 Å². The molecular formula is C41H71NO15Si8. The molecule has 24 heteroatoms. The zero-order chi connectivity index (χ0) is 43.6. The molecule has 14 aliphatic rings. The zero-order valence-electron chi connectivity index (χ0n) is 38.4. The van der Waals surface area contributed by atoms with Gasteiger partial charge in [0.25, 0.3) is 0 Å². The van der Waals surface area contributed by atoms with E-state index in [1.165, 1.54) is 0 Å². The Morgan fingerprint density at radius 3 is 0.831 bits per heavy atom. The summed E-state index contributed by atoms with van der Waals surface area (Å²) in [4.78, 5) is 20.2. The highest BCUT2D eigenvalue weighted by Crippen LogP contribution is 2.66. The Morgan fingerprint density at radius 2 is 0.615 bits per heavy atom. The summed E-state index contributed by atoms with van der Waals surface area (Å²) in [7, 11) is -33.1. The van der Waals surface area contributed by atoms with Gasteiger partial charge >= 0.3 is 76.4 Å². The zero-order valence-corrected chi connectivity index (χ0v) is 46.4. The van der Waals surface area contributed by atoms with Gasteiger partial charge in [0.05, 0.1) is 6.61 Å². The standard InChI is InChI=1S/C41H71NO15Si8/c1-2-44-41(43)39-31-40(45-42-39)65-55-62(36-25-11-12-26-36)49-59(33-19-5-6-20-33)46-58(32-17-3-4-18-32)47-60(51-62,34-21-7-8-22-34)53-64(57-65,38-29-15-16-30-38)54-61(48-58,35-23-9-10-24-35)52-63(50-59,56-65)37-27-13-14-28-37/h32-38,40H,2-31H2,1H3. The molecule has 1 atom stereocenters. The highest BCUT2D eigenvalue weighted by molar-refractivity contribution is 7.04. The Hall–Kier alpha value is 0.195. The van der Waals surface area contributed by atoms with Crippen LogP contribution in [-0.4, -0.2) is 94.5 Å². The van der Waals surface area contributed by atoms with Gasteiger partial charge in [-0.2, -0.15) is 0 Å². The second-order valence-corrected chi connectivity index (χ2v) is 47.8. The fourth-order valence-corrected chi connectivity index (χ4v) is 70.7. The molecule has 7 saturated carbocycles. The van der Waals surface area contributed by atoms with Gasteiger partial charge in [-0.1, -0.05) is 95.0 Å². The average molecular weight is 1040 g/mol. The van der Waals surface area contributed by atoms with Gasteiger partial charge in [-0.25, -0.2) is 4.79 Å². The van der Waals surface area contributed by atoms with Gasteiger partial charge in [-0.15, -0.1) is 0 Å². The molecule has 16 nitrogen and oxygen atoms in total. The molecule has 6 saturated heterocycles. The first-order chi connectivity index (χ1) is 31.7. The quantitative estimate of drug-likeness (QED) is 0.150. The minimum atomic E-state index is -4.51. The normalized spacial score (nSPS) is 48.0. The number of ether oxygens (including phenoxy) is 1. The van der Waals surface area contributed by atoms with Crippen LogP contribution in [0, 0.1) is 0 Å². The number of carbonyl (C=O) groups is 1. The van der Waals surface area contributed by atoms with Gasteiger partial charge < -0.3 is 59.0 Å². The van der Waals surface area contributed by atoms with E-state index < -0.39 is 82.1 Å². The van der Waals surface area contributed by atoms with Crippen molar-refractivity contribution in [1.29, 1.82) is 0 Å². The van der Waals surface area contributed by atoms with Crippen LogP contribution in [0.5, 0.6) is 0 Å². The van der Waals surface area contributed by atoms with Crippen molar-refractivity contribution in [3.63, 3.8) is 0 Å². The molecule has 7 aliphatic carbocycles. The number of hydrogen-bond acceptors (Lipinski definition) is 16. The predicted molar refractivity (Wildman–Crippen MR) is 248 cm³/mol. The molecule has 0 aromatic heterocycles. The van der Waals surface area contributed by atoms with Crippen molar-refractivity contribution in [2.75, 3.05) is 6.61 Å². The number of hydrogen-bond donors (Lipinski definition) is 0. The summed E-state index contributed by atoms with van der Waals surface area (Å²) < 4.78 is 106. The summed E-state index contributed by atoms with van der Waals surface area (Å²) in [6.45, 7) is 2.02. The molecule has 0 aromatic rings. The van der Waals surface area contributed by atoms with Crippen LogP contribution < -0.4 is 0 Å². The lowest BCUT2D eigenvalue weighted by Crippen LogP contribution is -2.91. The van der Waals surface area contributed by atoms with Crippen molar-refractivity contribution >= 4 is 82.1 Å². The summed E-state index contributed by atoms with van der Waals surface area (Å²) in [5.41, 5.74) is -1.13. The monoisotopic (exact) mass is 1040 g/mol. The van der Waals surface area contributed by atoms with E-state index in [0.29, 0.717) is 0 Å². The van der Waals surface area contributed by atoms with E-state index in [0.717, 1.165) is 180 Å². The Kier molecular flexibility index (Phi) is 11.7. The molecule has 7 heterocycles. The van der Waals surface area contributed by atoms with E-state index >= 15 is 0 Å². The van der Waals surface area contributed by atoms with Crippen LogP contribution in [-0.2, 0) is 63.8 Å². The molecule has 0 N–H and O–H groups in total. The van der Waals surface area contributed by atoms with Gasteiger partial charge in [-0.3, -0.25) is 0 Å². The van der Waals surface area contributed by atoms with Crippen LogP contribution in [0.15, 0.2) is 5.16 Å². The van der Waals surface area contributed by atoms with Crippen molar-refractivity contribution in [2.24, 2.45) is 5.16 Å².